The maximum atomic E-state index is 14.0. The Labute approximate surface area is 278 Å². The number of hydrogen-bond donors (Lipinski definition) is 4. The largest absolute Gasteiger partial charge is 0.508 e. The molecule has 12 nitrogen and oxygen atoms in total. The van der Waals surface area contributed by atoms with Crippen LogP contribution < -0.4 is 16.1 Å². The molecule has 8 atom stereocenters. The molecule has 2 bridgehead atoms. The summed E-state index contributed by atoms with van der Waals surface area (Å²) in [7, 11) is 3.13. The van der Waals surface area contributed by atoms with Crippen LogP contribution in [0.3, 0.4) is 0 Å². The molecule has 3 rings (SSSR count). The van der Waals surface area contributed by atoms with Gasteiger partial charge in [-0.1, -0.05) is 64.1 Å². The molecule has 0 unspecified atom stereocenters. The van der Waals surface area contributed by atoms with Gasteiger partial charge in [0, 0.05) is 39.5 Å². The van der Waals surface area contributed by atoms with E-state index in [4.69, 9.17) is 14.2 Å². The summed E-state index contributed by atoms with van der Waals surface area (Å²) in [5.74, 6) is -2.99. The molecule has 4 N–H and O–H groups in total. The van der Waals surface area contributed by atoms with Crippen LogP contribution in [0.1, 0.15) is 59.4 Å². The number of hydrogen-bond acceptors (Lipinski definition) is 9. The average molecular weight is 657 g/mol. The van der Waals surface area contributed by atoms with Crippen molar-refractivity contribution < 1.29 is 38.5 Å². The lowest BCUT2D eigenvalue weighted by atomic mass is 9.87. The number of esters is 1. The van der Waals surface area contributed by atoms with Crippen molar-refractivity contribution in [3.63, 3.8) is 0 Å². The van der Waals surface area contributed by atoms with E-state index in [0.717, 1.165) is 0 Å². The van der Waals surface area contributed by atoms with E-state index in [0.29, 0.717) is 31.4 Å². The van der Waals surface area contributed by atoms with Crippen LogP contribution in [-0.2, 0) is 39.8 Å². The van der Waals surface area contributed by atoms with Crippen molar-refractivity contribution in [3.8, 4) is 5.75 Å². The van der Waals surface area contributed by atoms with Crippen molar-refractivity contribution in [2.45, 2.75) is 96.7 Å². The van der Waals surface area contributed by atoms with Gasteiger partial charge in [0.1, 0.15) is 30.0 Å². The van der Waals surface area contributed by atoms with Crippen LogP contribution in [0.25, 0.3) is 0 Å². The molecule has 0 aromatic heterocycles. The third-order valence-corrected chi connectivity index (χ3v) is 8.77. The topological polar surface area (TPSA) is 156 Å². The number of methoxy groups -OCH3 is 2. The highest BCUT2D eigenvalue weighted by molar-refractivity contribution is 5.93. The van der Waals surface area contributed by atoms with E-state index < -0.39 is 54.0 Å². The highest BCUT2D eigenvalue weighted by atomic mass is 16.5. The number of fused-ring (bicyclic) bond motifs is 2. The van der Waals surface area contributed by atoms with Gasteiger partial charge in [0.2, 0.25) is 11.8 Å². The number of phenolic OH excluding ortho intramolecular Hbond substituents is 1. The lowest BCUT2D eigenvalue weighted by molar-refractivity contribution is -0.156. The van der Waals surface area contributed by atoms with E-state index in [1.807, 2.05) is 45.1 Å². The Morgan fingerprint density at radius 3 is 2.43 bits per heavy atom. The second-order valence-electron chi connectivity index (χ2n) is 12.8. The number of ether oxygens (including phenoxy) is 3. The Bertz CT molecular complexity index is 1280. The van der Waals surface area contributed by atoms with Gasteiger partial charge in [0.05, 0.1) is 18.1 Å². The number of nitrogens with zero attached hydrogens (tertiary/aromatic N) is 1. The maximum Gasteiger partial charge on any atom is 0.325 e. The minimum atomic E-state index is -1.06. The number of amides is 3. The highest BCUT2D eigenvalue weighted by Crippen LogP contribution is 2.24. The summed E-state index contributed by atoms with van der Waals surface area (Å²) in [6.45, 7) is 9.43. The maximum absolute atomic E-state index is 14.0. The number of aromatic hydroxyl groups is 1. The van der Waals surface area contributed by atoms with Crippen LogP contribution in [0.15, 0.2) is 48.6 Å². The van der Waals surface area contributed by atoms with Gasteiger partial charge >= 0.3 is 5.97 Å². The molecule has 0 radical (unpaired) electrons. The lowest BCUT2D eigenvalue weighted by Gasteiger charge is -2.36. The number of rotatable bonds is 5. The molecule has 260 valence electrons. The molecule has 0 saturated carbocycles. The highest BCUT2D eigenvalue weighted by Gasteiger charge is 2.38. The van der Waals surface area contributed by atoms with Gasteiger partial charge in [-0.3, -0.25) is 24.2 Å². The fraction of sp³-hybridized carbons (Fsp3) is 0.600. The third-order valence-electron chi connectivity index (χ3n) is 8.77. The van der Waals surface area contributed by atoms with Crippen molar-refractivity contribution in [3.05, 3.63) is 54.1 Å². The quantitative estimate of drug-likeness (QED) is 0.350. The normalized spacial score (nSPS) is 32.0. The molecule has 0 aliphatic carbocycles. The molecule has 1 fully saturated rings. The summed E-state index contributed by atoms with van der Waals surface area (Å²) in [5.41, 5.74) is 3.63. The van der Waals surface area contributed by atoms with E-state index in [1.54, 1.807) is 33.1 Å². The molecular weight excluding hydrogens is 604 g/mol. The minimum absolute atomic E-state index is 0.0250. The van der Waals surface area contributed by atoms with Gasteiger partial charge in [-0.25, -0.2) is 5.43 Å². The van der Waals surface area contributed by atoms with Gasteiger partial charge in [0.25, 0.3) is 5.91 Å². The van der Waals surface area contributed by atoms with Crippen molar-refractivity contribution in [2.24, 2.45) is 17.8 Å². The SMILES string of the molecule is CO[C@@H]1[C@@H](C)[C@@H](OC)/C=C/C=C/C[C@@H](C)OC(=O)[C@@H]2CCCN(N2)C(=O)[C@H](Cc2cccc(O)c2)NC(=O)[C@H](C(C)C)NC(=O)[C@@H]1C. The molecule has 3 amide bonds. The lowest BCUT2D eigenvalue weighted by Crippen LogP contribution is -2.62. The number of benzene rings is 1. The van der Waals surface area contributed by atoms with Crippen LogP contribution >= 0.6 is 0 Å². The summed E-state index contributed by atoms with van der Waals surface area (Å²) in [6.07, 6.45) is 7.74. The van der Waals surface area contributed by atoms with E-state index in [2.05, 4.69) is 16.1 Å². The zero-order valence-electron chi connectivity index (χ0n) is 28.6. The average Bonchev–Trinajstić information content (AvgIpc) is 3.04. The van der Waals surface area contributed by atoms with E-state index in [9.17, 15) is 24.3 Å². The molecule has 47 heavy (non-hydrogen) atoms. The predicted molar refractivity (Wildman–Crippen MR) is 177 cm³/mol. The Balaban J connectivity index is 1.98. The minimum Gasteiger partial charge on any atom is -0.508 e. The molecule has 1 saturated heterocycles. The molecule has 1 aromatic carbocycles. The number of phenols is 1. The van der Waals surface area contributed by atoms with E-state index in [-0.39, 0.29) is 36.0 Å². The summed E-state index contributed by atoms with van der Waals surface area (Å²) < 4.78 is 17.2. The fourth-order valence-electron chi connectivity index (χ4n) is 6.03. The van der Waals surface area contributed by atoms with Crippen molar-refractivity contribution in [1.29, 1.82) is 0 Å². The first kappa shape index (κ1) is 37.7. The Kier molecular flexibility index (Phi) is 14.4. The molecule has 1 aromatic rings. The molecule has 12 heteroatoms. The second-order valence-corrected chi connectivity index (χ2v) is 12.8. The van der Waals surface area contributed by atoms with Crippen LogP contribution in [0.4, 0.5) is 0 Å². The Morgan fingerprint density at radius 2 is 1.77 bits per heavy atom. The summed E-state index contributed by atoms with van der Waals surface area (Å²) in [4.78, 5) is 54.5. The molecule has 2 aliphatic heterocycles. The van der Waals surface area contributed by atoms with Gasteiger partial charge in [-0.05, 0) is 43.4 Å². The first-order valence-corrected chi connectivity index (χ1v) is 16.4. The fourth-order valence-corrected chi connectivity index (χ4v) is 6.03. The summed E-state index contributed by atoms with van der Waals surface area (Å²) in [6, 6.07) is 3.69. The number of cyclic esters (lactones) is 1. The van der Waals surface area contributed by atoms with Crippen molar-refractivity contribution >= 4 is 23.7 Å². The Morgan fingerprint density at radius 1 is 1.02 bits per heavy atom. The number of carbonyl (C=O) groups excluding carboxylic acids is 4. The van der Waals surface area contributed by atoms with Gasteiger partial charge in [0.15, 0.2) is 0 Å². The van der Waals surface area contributed by atoms with Crippen molar-refractivity contribution in [2.75, 3.05) is 20.8 Å². The van der Waals surface area contributed by atoms with E-state index >= 15 is 0 Å². The molecule has 2 heterocycles. The monoisotopic (exact) mass is 656 g/mol. The van der Waals surface area contributed by atoms with Crippen molar-refractivity contribution in [1.82, 2.24) is 21.1 Å². The van der Waals surface area contributed by atoms with Crippen LogP contribution in [0, 0.1) is 17.8 Å². The second kappa shape index (κ2) is 18.0. The smallest absolute Gasteiger partial charge is 0.325 e. The number of carbonyl (C=O) groups is 4. The standard InChI is InChI=1S/C35H52N4O8/c1-21(2)30-33(42)36-28(20-25-14-11-15-26(40)19-25)34(43)39-18-12-16-27(38-39)35(44)47-22(3)13-9-8-10-17-29(45-6)23(4)31(46-7)24(5)32(41)37-30/h8-11,14-15,17,19,21-24,27-31,38,40H,12-13,16,18,20H2,1-7H3,(H,36,42)(H,37,41)/b9-8+,17-10+/t22-,23+,24-,27+,28+,29+,30+,31-/m1/s1. The van der Waals surface area contributed by atoms with Crippen LogP contribution in [0.5, 0.6) is 5.75 Å². The molecule has 0 spiro atoms. The summed E-state index contributed by atoms with van der Waals surface area (Å²) in [5, 5.41) is 17.2. The number of nitrogens with one attached hydrogen (secondary N) is 3. The number of allylic oxidation sites excluding steroid dienone is 2. The Hall–Kier alpha value is -3.74. The first-order chi connectivity index (χ1) is 22.4. The first-order valence-electron chi connectivity index (χ1n) is 16.4. The predicted octanol–water partition coefficient (Wildman–Crippen LogP) is 2.81. The van der Waals surface area contributed by atoms with E-state index in [1.165, 1.54) is 24.3 Å². The zero-order chi connectivity index (χ0) is 34.7. The molecule has 2 aliphatic rings. The third kappa shape index (κ3) is 10.6. The van der Waals surface area contributed by atoms with Crippen LogP contribution in [0.2, 0.25) is 0 Å². The molecular formula is C35H52N4O8. The van der Waals surface area contributed by atoms with Gasteiger partial charge in [-0.2, -0.15) is 0 Å². The van der Waals surface area contributed by atoms with Crippen LogP contribution in [-0.4, -0.2) is 91.0 Å². The number of hydrazine groups is 1. The zero-order valence-corrected chi connectivity index (χ0v) is 28.6. The van der Waals surface area contributed by atoms with Gasteiger partial charge in [-0.15, -0.1) is 0 Å². The summed E-state index contributed by atoms with van der Waals surface area (Å²) >= 11 is 0. The van der Waals surface area contributed by atoms with Gasteiger partial charge < -0.3 is 30.0 Å².